The van der Waals surface area contributed by atoms with E-state index in [1.807, 2.05) is 0 Å². The van der Waals surface area contributed by atoms with E-state index < -0.39 is 11.7 Å². The standard InChI is InChI=1S/C31H38F3N7O2/c1-4-27(42)41-17-16-40(18-22(41)12-13-35)29-24-10-7-15-39(26-11-5-8-21(2)28(26)31(32,33)34)19-25(24)36-30(37-29)43-20-23-9-6-14-38(23)3/h4-5,8,11,22-23H,1,6-7,9-10,12,14-20H2,2-3H3/t22-,23-/m0/s1. The summed E-state index contributed by atoms with van der Waals surface area (Å²) in [5, 5.41) is 9.49. The van der Waals surface area contributed by atoms with Gasteiger partial charge in [0.15, 0.2) is 0 Å². The number of likely N-dealkylation sites (N-methyl/N-ethyl adjacent to an activating group) is 1. The van der Waals surface area contributed by atoms with Crippen molar-refractivity contribution in [1.82, 2.24) is 19.8 Å². The fourth-order valence-electron chi connectivity index (χ4n) is 6.50. The van der Waals surface area contributed by atoms with Crippen LogP contribution in [0.5, 0.6) is 6.01 Å². The van der Waals surface area contributed by atoms with Crippen molar-refractivity contribution < 1.29 is 22.7 Å². The van der Waals surface area contributed by atoms with Crippen LogP contribution in [-0.2, 0) is 23.9 Å². The molecule has 43 heavy (non-hydrogen) atoms. The molecule has 1 aromatic heterocycles. The number of nitriles is 1. The average Bonchev–Trinajstić information content (AvgIpc) is 3.26. The summed E-state index contributed by atoms with van der Waals surface area (Å²) in [5.41, 5.74) is 1.19. The molecular weight excluding hydrogens is 559 g/mol. The molecule has 5 rings (SSSR count). The first kappa shape index (κ1) is 30.6. The van der Waals surface area contributed by atoms with Crippen molar-refractivity contribution in [3.05, 3.63) is 53.2 Å². The molecule has 0 spiro atoms. The van der Waals surface area contributed by atoms with Crippen LogP contribution in [0.1, 0.15) is 48.1 Å². The molecule has 0 saturated carbocycles. The van der Waals surface area contributed by atoms with Crippen LogP contribution < -0.4 is 14.5 Å². The molecule has 2 aromatic rings. The zero-order valence-electron chi connectivity index (χ0n) is 24.7. The molecule has 0 bridgehead atoms. The third-order valence-corrected chi connectivity index (χ3v) is 8.76. The van der Waals surface area contributed by atoms with E-state index in [1.54, 1.807) is 15.9 Å². The van der Waals surface area contributed by atoms with Crippen LogP contribution in [0.25, 0.3) is 0 Å². The number of anilines is 2. The number of nitrogens with zero attached hydrogens (tertiary/aromatic N) is 7. The predicted molar refractivity (Wildman–Crippen MR) is 157 cm³/mol. The predicted octanol–water partition coefficient (Wildman–Crippen LogP) is 4.35. The fourth-order valence-corrected chi connectivity index (χ4v) is 6.50. The van der Waals surface area contributed by atoms with Crippen LogP contribution in [0, 0.1) is 18.3 Å². The smallest absolute Gasteiger partial charge is 0.418 e. The first-order chi connectivity index (χ1) is 20.6. The second-order valence-corrected chi connectivity index (χ2v) is 11.5. The van der Waals surface area contributed by atoms with Crippen LogP contribution in [0.2, 0.25) is 0 Å². The van der Waals surface area contributed by atoms with Gasteiger partial charge in [-0.2, -0.15) is 28.4 Å². The third-order valence-electron chi connectivity index (χ3n) is 8.76. The van der Waals surface area contributed by atoms with E-state index in [9.17, 15) is 23.2 Å². The highest BCUT2D eigenvalue weighted by atomic mass is 19.4. The monoisotopic (exact) mass is 597 g/mol. The zero-order valence-corrected chi connectivity index (χ0v) is 24.7. The van der Waals surface area contributed by atoms with Crippen molar-refractivity contribution in [2.24, 2.45) is 0 Å². The number of rotatable bonds is 7. The molecule has 9 nitrogen and oxygen atoms in total. The number of benzene rings is 1. The number of carbonyl (C=O) groups excluding carboxylic acids is 1. The van der Waals surface area contributed by atoms with E-state index in [0.717, 1.165) is 24.9 Å². The fraction of sp³-hybridized carbons (Fsp3) is 0.548. The van der Waals surface area contributed by atoms with Gasteiger partial charge in [0.1, 0.15) is 12.4 Å². The average molecular weight is 598 g/mol. The summed E-state index contributed by atoms with van der Waals surface area (Å²) >= 11 is 0. The topological polar surface area (TPSA) is 88.8 Å². The normalized spacial score (nSPS) is 21.3. The Bertz CT molecular complexity index is 1390. The Morgan fingerprint density at radius 3 is 2.67 bits per heavy atom. The molecule has 4 heterocycles. The molecule has 230 valence electrons. The number of hydrogen-bond acceptors (Lipinski definition) is 8. The molecule has 12 heteroatoms. The van der Waals surface area contributed by atoms with Crippen LogP contribution in [0.15, 0.2) is 30.9 Å². The zero-order chi connectivity index (χ0) is 30.7. The van der Waals surface area contributed by atoms with Crippen molar-refractivity contribution in [2.45, 2.75) is 63.8 Å². The van der Waals surface area contributed by atoms with Gasteiger partial charge in [-0.25, -0.2) is 0 Å². The Morgan fingerprint density at radius 1 is 1.16 bits per heavy atom. The molecular formula is C31H38F3N7O2. The number of likely N-dealkylation sites (tertiary alicyclic amines) is 1. The lowest BCUT2D eigenvalue weighted by Crippen LogP contribution is -2.55. The highest BCUT2D eigenvalue weighted by molar-refractivity contribution is 5.87. The minimum Gasteiger partial charge on any atom is -0.462 e. The second kappa shape index (κ2) is 12.8. The number of aromatic nitrogens is 2. The van der Waals surface area contributed by atoms with E-state index in [4.69, 9.17) is 14.7 Å². The van der Waals surface area contributed by atoms with Gasteiger partial charge in [-0.15, -0.1) is 0 Å². The molecule has 0 aliphatic carbocycles. The third kappa shape index (κ3) is 6.56. The lowest BCUT2D eigenvalue weighted by Gasteiger charge is -2.41. The Morgan fingerprint density at radius 2 is 1.98 bits per heavy atom. The number of aryl methyl sites for hydroxylation is 1. The van der Waals surface area contributed by atoms with Gasteiger partial charge < -0.3 is 24.3 Å². The van der Waals surface area contributed by atoms with Crippen LogP contribution in [0.4, 0.5) is 24.7 Å². The van der Waals surface area contributed by atoms with Gasteiger partial charge >= 0.3 is 12.2 Å². The largest absolute Gasteiger partial charge is 0.462 e. The van der Waals surface area contributed by atoms with E-state index in [0.29, 0.717) is 57.1 Å². The van der Waals surface area contributed by atoms with E-state index >= 15 is 0 Å². The minimum atomic E-state index is -4.49. The first-order valence-corrected chi connectivity index (χ1v) is 14.8. The van der Waals surface area contributed by atoms with Crippen molar-refractivity contribution in [3.63, 3.8) is 0 Å². The molecule has 2 atom stereocenters. The van der Waals surface area contributed by atoms with Crippen molar-refractivity contribution in [1.29, 1.82) is 5.26 Å². The van der Waals surface area contributed by atoms with Gasteiger partial charge in [0, 0.05) is 43.5 Å². The van der Waals surface area contributed by atoms with Gasteiger partial charge in [0.05, 0.1) is 36.3 Å². The first-order valence-electron chi connectivity index (χ1n) is 14.8. The number of halogens is 3. The molecule has 1 amide bonds. The van der Waals surface area contributed by atoms with Crippen LogP contribution >= 0.6 is 0 Å². The maximum absolute atomic E-state index is 14.2. The summed E-state index contributed by atoms with van der Waals surface area (Å²) in [6.45, 7) is 8.35. The Balaban J connectivity index is 1.52. The summed E-state index contributed by atoms with van der Waals surface area (Å²) < 4.78 is 48.7. The number of fused-ring (bicyclic) bond motifs is 1. The number of hydrogen-bond donors (Lipinski definition) is 0. The lowest BCUT2D eigenvalue weighted by atomic mass is 10.0. The van der Waals surface area contributed by atoms with Crippen molar-refractivity contribution in [3.8, 4) is 12.1 Å². The molecule has 1 aromatic carbocycles. The molecule has 0 N–H and O–H groups in total. The Kier molecular flexibility index (Phi) is 9.11. The molecule has 2 fully saturated rings. The van der Waals surface area contributed by atoms with E-state index in [1.165, 1.54) is 25.1 Å². The van der Waals surface area contributed by atoms with Crippen LogP contribution in [0.3, 0.4) is 0 Å². The van der Waals surface area contributed by atoms with Gasteiger partial charge in [-0.3, -0.25) is 4.79 Å². The van der Waals surface area contributed by atoms with Gasteiger partial charge in [0.25, 0.3) is 0 Å². The number of piperazine rings is 1. The van der Waals surface area contributed by atoms with E-state index in [-0.39, 0.29) is 48.2 Å². The van der Waals surface area contributed by atoms with Crippen molar-refractivity contribution in [2.75, 3.05) is 56.2 Å². The van der Waals surface area contributed by atoms with Crippen molar-refractivity contribution >= 4 is 17.4 Å². The summed E-state index contributed by atoms with van der Waals surface area (Å²) in [7, 11) is 2.06. The molecule has 0 radical (unpaired) electrons. The second-order valence-electron chi connectivity index (χ2n) is 11.5. The summed E-state index contributed by atoms with van der Waals surface area (Å²) in [6.07, 6.45) is 0.200. The van der Waals surface area contributed by atoms with Gasteiger partial charge in [-0.05, 0) is 63.9 Å². The number of amides is 1. The molecule has 0 unspecified atom stereocenters. The summed E-state index contributed by atoms with van der Waals surface area (Å²) in [6, 6.07) is 6.93. The minimum absolute atomic E-state index is 0.140. The van der Waals surface area contributed by atoms with Gasteiger partial charge in [-0.1, -0.05) is 18.7 Å². The quantitative estimate of drug-likeness (QED) is 0.436. The molecule has 2 saturated heterocycles. The maximum Gasteiger partial charge on any atom is 0.418 e. The van der Waals surface area contributed by atoms with Gasteiger partial charge in [0.2, 0.25) is 5.91 Å². The SMILES string of the molecule is C=CC(=O)N1CCN(c2nc(OC[C@@H]3CCCN3C)nc3c2CCCN(c2cccc(C)c2C(F)(F)F)C3)C[C@@H]1CC#N. The maximum atomic E-state index is 14.2. The summed E-state index contributed by atoms with van der Waals surface area (Å²) in [4.78, 5) is 29.9. The number of ether oxygens (including phenoxy) is 1. The highest BCUT2D eigenvalue weighted by Gasteiger charge is 2.38. The lowest BCUT2D eigenvalue weighted by molar-refractivity contribution is -0.137. The Labute approximate surface area is 250 Å². The van der Waals surface area contributed by atoms with Crippen LogP contribution in [-0.4, -0.2) is 84.1 Å². The number of carbonyl (C=O) groups is 1. The summed E-state index contributed by atoms with van der Waals surface area (Å²) in [5.74, 6) is 0.441. The molecule has 3 aliphatic rings. The van der Waals surface area contributed by atoms with E-state index in [2.05, 4.69) is 29.5 Å². The Hall–Kier alpha value is -3.85. The molecule has 3 aliphatic heterocycles. The highest BCUT2D eigenvalue weighted by Crippen LogP contribution is 2.40. The number of alkyl halides is 3.